The first-order chi connectivity index (χ1) is 9.63. The molecule has 1 aliphatic carbocycles. The molecule has 1 aromatic heterocycles. The number of pyridine rings is 1. The number of hydrogen-bond acceptors (Lipinski definition) is 2. The van der Waals surface area contributed by atoms with Crippen molar-refractivity contribution in [3.8, 4) is 0 Å². The first-order valence-electron chi connectivity index (χ1n) is 6.46. The highest BCUT2D eigenvalue weighted by Crippen LogP contribution is 2.43. The summed E-state index contributed by atoms with van der Waals surface area (Å²) in [5.41, 5.74) is 2.00. The van der Waals surface area contributed by atoms with Crippen LogP contribution in [0.3, 0.4) is 0 Å². The van der Waals surface area contributed by atoms with Crippen molar-refractivity contribution in [1.29, 1.82) is 0 Å². The Labute approximate surface area is 130 Å². The molecule has 1 heterocycles. The average Bonchev–Trinajstić information content (AvgIpc) is 3.26. The summed E-state index contributed by atoms with van der Waals surface area (Å²) in [5, 5.41) is 3.92. The van der Waals surface area contributed by atoms with E-state index in [1.54, 1.807) is 6.20 Å². The number of nitrogens with one attached hydrogen (secondary N) is 1. The van der Waals surface area contributed by atoms with Gasteiger partial charge >= 0.3 is 0 Å². The lowest BCUT2D eigenvalue weighted by molar-refractivity contribution is 0.622. The van der Waals surface area contributed by atoms with Crippen molar-refractivity contribution in [2.45, 2.75) is 18.9 Å². The molecule has 104 valence electrons. The van der Waals surface area contributed by atoms with E-state index in [1.165, 1.54) is 25.0 Å². The van der Waals surface area contributed by atoms with Crippen LogP contribution in [-0.2, 0) is 0 Å². The van der Waals surface area contributed by atoms with Gasteiger partial charge in [-0.1, -0.05) is 23.7 Å². The topological polar surface area (TPSA) is 24.9 Å². The van der Waals surface area contributed by atoms with Crippen molar-refractivity contribution < 1.29 is 4.39 Å². The third-order valence-corrected chi connectivity index (χ3v) is 4.57. The van der Waals surface area contributed by atoms with Crippen molar-refractivity contribution in [1.82, 2.24) is 4.98 Å². The van der Waals surface area contributed by atoms with E-state index >= 15 is 0 Å². The molecule has 1 fully saturated rings. The van der Waals surface area contributed by atoms with Gasteiger partial charge in [-0.25, -0.2) is 9.37 Å². The van der Waals surface area contributed by atoms with Gasteiger partial charge in [0, 0.05) is 0 Å². The highest BCUT2D eigenvalue weighted by atomic mass is 79.9. The van der Waals surface area contributed by atoms with Crippen LogP contribution in [0.4, 0.5) is 10.1 Å². The maximum atomic E-state index is 13.0. The Hall–Kier alpha value is -1.13. The van der Waals surface area contributed by atoms with Gasteiger partial charge in [0.15, 0.2) is 0 Å². The Morgan fingerprint density at radius 2 is 2.00 bits per heavy atom. The Morgan fingerprint density at radius 1 is 1.30 bits per heavy atom. The quantitative estimate of drug-likeness (QED) is 0.763. The maximum absolute atomic E-state index is 13.0. The molecule has 1 aliphatic rings. The summed E-state index contributed by atoms with van der Waals surface area (Å²) in [7, 11) is 0. The monoisotopic (exact) mass is 354 g/mol. The van der Waals surface area contributed by atoms with Crippen LogP contribution in [0.5, 0.6) is 0 Å². The van der Waals surface area contributed by atoms with Gasteiger partial charge in [-0.2, -0.15) is 0 Å². The standard InChI is InChI=1S/C15H13BrClFN2/c16-13-7-12(8-19-15(13)17)20-14(9-1-2-9)10-3-5-11(18)6-4-10/h3-9,14,20H,1-2H2. The van der Waals surface area contributed by atoms with Gasteiger partial charge in [0.2, 0.25) is 0 Å². The third-order valence-electron chi connectivity index (χ3n) is 3.44. The lowest BCUT2D eigenvalue weighted by Gasteiger charge is -2.20. The highest BCUT2D eigenvalue weighted by Gasteiger charge is 2.32. The van der Waals surface area contributed by atoms with Crippen LogP contribution in [0.15, 0.2) is 41.0 Å². The molecule has 0 bridgehead atoms. The zero-order valence-electron chi connectivity index (χ0n) is 10.6. The minimum absolute atomic E-state index is 0.186. The van der Waals surface area contributed by atoms with Gasteiger partial charge in [-0.05, 0) is 58.5 Å². The lowest BCUT2D eigenvalue weighted by atomic mass is 10.0. The molecule has 1 aromatic carbocycles. The molecule has 20 heavy (non-hydrogen) atoms. The molecule has 1 N–H and O–H groups in total. The van der Waals surface area contributed by atoms with Crippen molar-refractivity contribution in [3.63, 3.8) is 0 Å². The fourth-order valence-electron chi connectivity index (χ4n) is 2.25. The molecular formula is C15H13BrClFN2. The minimum Gasteiger partial charge on any atom is -0.377 e. The van der Waals surface area contributed by atoms with Gasteiger partial charge in [0.25, 0.3) is 0 Å². The summed E-state index contributed by atoms with van der Waals surface area (Å²) in [4.78, 5) is 4.12. The molecular weight excluding hydrogens is 343 g/mol. The van der Waals surface area contributed by atoms with E-state index in [0.29, 0.717) is 11.1 Å². The number of hydrogen-bond donors (Lipinski definition) is 1. The lowest BCUT2D eigenvalue weighted by Crippen LogP contribution is -2.13. The Kier molecular flexibility index (Phi) is 3.94. The first-order valence-corrected chi connectivity index (χ1v) is 7.63. The van der Waals surface area contributed by atoms with Gasteiger partial charge < -0.3 is 5.32 Å². The third kappa shape index (κ3) is 3.13. The van der Waals surface area contributed by atoms with Crippen LogP contribution in [0.1, 0.15) is 24.4 Å². The van der Waals surface area contributed by atoms with E-state index in [0.717, 1.165) is 15.7 Å². The summed E-state index contributed by atoms with van der Waals surface area (Å²) in [6.07, 6.45) is 4.10. The van der Waals surface area contributed by atoms with E-state index in [9.17, 15) is 4.39 Å². The molecule has 0 radical (unpaired) electrons. The molecule has 0 spiro atoms. The molecule has 0 aliphatic heterocycles. The summed E-state index contributed by atoms with van der Waals surface area (Å²) in [6.45, 7) is 0. The number of halogens is 3. The van der Waals surface area contributed by atoms with E-state index in [1.807, 2.05) is 18.2 Å². The summed E-state index contributed by atoms with van der Waals surface area (Å²) < 4.78 is 13.8. The van der Waals surface area contributed by atoms with Crippen LogP contribution >= 0.6 is 27.5 Å². The van der Waals surface area contributed by atoms with Crippen molar-refractivity contribution in [2.75, 3.05) is 5.32 Å². The second-order valence-electron chi connectivity index (χ2n) is 5.01. The Balaban J connectivity index is 1.84. The van der Waals surface area contributed by atoms with E-state index < -0.39 is 0 Å². The van der Waals surface area contributed by atoms with Gasteiger partial charge in [-0.3, -0.25) is 0 Å². The highest BCUT2D eigenvalue weighted by molar-refractivity contribution is 9.10. The summed E-state index contributed by atoms with van der Waals surface area (Å²) in [5.74, 6) is 0.383. The average molecular weight is 356 g/mol. The predicted molar refractivity (Wildman–Crippen MR) is 82.4 cm³/mol. The van der Waals surface area contributed by atoms with Crippen LogP contribution in [0.2, 0.25) is 5.15 Å². The zero-order valence-corrected chi connectivity index (χ0v) is 13.0. The van der Waals surface area contributed by atoms with Gasteiger partial charge in [-0.15, -0.1) is 0 Å². The minimum atomic E-state index is -0.209. The van der Waals surface area contributed by atoms with E-state index in [2.05, 4.69) is 26.2 Å². The Bertz CT molecular complexity index is 614. The zero-order chi connectivity index (χ0) is 14.1. The number of nitrogens with zero attached hydrogens (tertiary/aromatic N) is 1. The fourth-order valence-corrected chi connectivity index (χ4v) is 2.71. The van der Waals surface area contributed by atoms with Gasteiger partial charge in [0.05, 0.1) is 22.4 Å². The van der Waals surface area contributed by atoms with Crippen LogP contribution in [-0.4, -0.2) is 4.98 Å². The smallest absolute Gasteiger partial charge is 0.143 e. The molecule has 3 rings (SSSR count). The van der Waals surface area contributed by atoms with E-state index in [4.69, 9.17) is 11.6 Å². The Morgan fingerprint density at radius 3 is 2.60 bits per heavy atom. The molecule has 5 heteroatoms. The fraction of sp³-hybridized carbons (Fsp3) is 0.267. The number of rotatable bonds is 4. The van der Waals surface area contributed by atoms with E-state index in [-0.39, 0.29) is 11.9 Å². The molecule has 0 saturated heterocycles. The summed E-state index contributed by atoms with van der Waals surface area (Å²) >= 11 is 9.27. The largest absolute Gasteiger partial charge is 0.377 e. The SMILES string of the molecule is Fc1ccc(C(Nc2cnc(Cl)c(Br)c2)C2CC2)cc1. The van der Waals surface area contributed by atoms with Crippen molar-refractivity contribution in [3.05, 3.63) is 57.5 Å². The number of aromatic nitrogens is 1. The second kappa shape index (κ2) is 5.70. The molecule has 0 amide bonds. The first kappa shape index (κ1) is 13.8. The predicted octanol–water partition coefficient (Wildman–Crippen LogP) is 5.20. The number of anilines is 1. The van der Waals surface area contributed by atoms with Crippen molar-refractivity contribution >= 4 is 33.2 Å². The maximum Gasteiger partial charge on any atom is 0.143 e. The van der Waals surface area contributed by atoms with Crippen LogP contribution in [0.25, 0.3) is 0 Å². The van der Waals surface area contributed by atoms with Gasteiger partial charge in [0.1, 0.15) is 11.0 Å². The molecule has 2 nitrogen and oxygen atoms in total. The molecule has 1 saturated carbocycles. The number of benzene rings is 1. The second-order valence-corrected chi connectivity index (χ2v) is 6.22. The summed E-state index contributed by atoms with van der Waals surface area (Å²) in [6, 6.07) is 8.78. The van der Waals surface area contributed by atoms with Crippen molar-refractivity contribution in [2.24, 2.45) is 5.92 Å². The van der Waals surface area contributed by atoms with Crippen LogP contribution in [0, 0.1) is 11.7 Å². The molecule has 2 aromatic rings. The normalized spacial score (nSPS) is 15.9. The van der Waals surface area contributed by atoms with Crippen LogP contribution < -0.4 is 5.32 Å². The molecule has 1 atom stereocenters. The molecule has 1 unspecified atom stereocenters.